The number of hydrogen-bond donors (Lipinski definition) is 0. The molecule has 0 spiro atoms. The fourth-order valence-electron chi connectivity index (χ4n) is 9.81. The summed E-state index contributed by atoms with van der Waals surface area (Å²) in [6.07, 6.45) is 4.51. The first-order valence-corrected chi connectivity index (χ1v) is 21.9. The normalized spacial score (nSPS) is 13.6. The fraction of sp³-hybridized carbons (Fsp3) is 0.133. The van der Waals surface area contributed by atoms with Gasteiger partial charge in [0.15, 0.2) is 5.69 Å². The van der Waals surface area contributed by atoms with E-state index in [0.29, 0.717) is 11.3 Å². The number of anilines is 6. The van der Waals surface area contributed by atoms with E-state index in [4.69, 9.17) is 6.57 Å². The molecule has 4 nitrogen and oxygen atoms in total. The van der Waals surface area contributed by atoms with Crippen LogP contribution in [-0.4, -0.2) is 0 Å². The highest BCUT2D eigenvalue weighted by Gasteiger charge is 2.37. The number of nitrogens with zero attached hydrogens (tertiary/aromatic N) is 4. The van der Waals surface area contributed by atoms with Crippen LogP contribution >= 0.6 is 0 Å². The largest absolute Gasteiger partial charge is 0.311 e. The first-order chi connectivity index (χ1) is 30.9. The fourth-order valence-corrected chi connectivity index (χ4v) is 9.81. The van der Waals surface area contributed by atoms with Gasteiger partial charge in [0, 0.05) is 45.0 Å². The lowest BCUT2D eigenvalue weighted by Gasteiger charge is -2.28. The van der Waals surface area contributed by atoms with E-state index in [1.807, 2.05) is 48.5 Å². The number of rotatable bonds is 8. The first kappa shape index (κ1) is 40.2. The number of fused-ring (bicyclic) bond motifs is 6. The van der Waals surface area contributed by atoms with Gasteiger partial charge in [0.1, 0.15) is 0 Å². The molecule has 2 aliphatic rings. The summed E-state index contributed by atoms with van der Waals surface area (Å²) < 4.78 is 0. The molecule has 0 radical (unpaired) electrons. The minimum atomic E-state index is -0.216. The highest BCUT2D eigenvalue weighted by atomic mass is 15.1. The summed E-state index contributed by atoms with van der Waals surface area (Å²) in [6.45, 7) is 21.1. The van der Waals surface area contributed by atoms with Crippen LogP contribution in [0.15, 0.2) is 170 Å². The minimum absolute atomic E-state index is 0.214. The van der Waals surface area contributed by atoms with E-state index in [9.17, 15) is 5.26 Å². The van der Waals surface area contributed by atoms with E-state index < -0.39 is 0 Å². The van der Waals surface area contributed by atoms with Crippen LogP contribution in [0.1, 0.15) is 77.8 Å². The van der Waals surface area contributed by atoms with Crippen LogP contribution in [0.25, 0.3) is 39.3 Å². The molecule has 0 fully saturated rings. The van der Waals surface area contributed by atoms with E-state index in [2.05, 4.69) is 196 Å². The predicted molar refractivity (Wildman–Crippen MR) is 267 cm³/mol. The Bertz CT molecular complexity index is 3010. The molecule has 8 aromatic carbocycles. The van der Waals surface area contributed by atoms with E-state index in [0.717, 1.165) is 34.1 Å². The smallest absolute Gasteiger partial charge is 0.187 e. The third-order valence-corrected chi connectivity index (χ3v) is 13.4. The second-order valence-electron chi connectivity index (χ2n) is 18.3. The molecule has 0 N–H and O–H groups in total. The topological polar surface area (TPSA) is 34.6 Å². The molecule has 4 heteroatoms. The molecule has 10 rings (SSSR count). The molecule has 2 aliphatic carbocycles. The zero-order valence-corrected chi connectivity index (χ0v) is 37.1. The lowest BCUT2D eigenvalue weighted by Crippen LogP contribution is -2.16. The Morgan fingerprint density at radius 1 is 0.438 bits per heavy atom. The zero-order chi connectivity index (χ0) is 44.3. The Kier molecular flexibility index (Phi) is 9.70. The Morgan fingerprint density at radius 3 is 1.14 bits per heavy atom. The van der Waals surface area contributed by atoms with Gasteiger partial charge in [-0.3, -0.25) is 0 Å². The SMILES string of the molecule is [C-]#[N+]c1ccc(N(c2ccc(C)cc2)c2ccc3c(c2)C(C)(C)c2cc(/C=C/c4ccc5c(c4)C(C)(C)c4cc(N(c6ccc(C)cc6)c6ccc(C#N)cc6)ccc4-5)ccc2-3)cc1. The molecule has 0 atom stereocenters. The molecule has 64 heavy (non-hydrogen) atoms. The van der Waals surface area contributed by atoms with Crippen molar-refractivity contribution in [1.82, 2.24) is 0 Å². The summed E-state index contributed by atoms with van der Waals surface area (Å²) in [7, 11) is 0. The third kappa shape index (κ3) is 6.86. The number of hydrogen-bond acceptors (Lipinski definition) is 3. The van der Waals surface area contributed by atoms with Crippen molar-refractivity contribution in [1.29, 1.82) is 5.26 Å². The van der Waals surface area contributed by atoms with Crippen LogP contribution < -0.4 is 9.80 Å². The van der Waals surface area contributed by atoms with Gasteiger partial charge in [-0.05, 0) is 154 Å². The van der Waals surface area contributed by atoms with E-state index >= 15 is 0 Å². The van der Waals surface area contributed by atoms with Crippen LogP contribution in [0, 0.1) is 31.8 Å². The van der Waals surface area contributed by atoms with Crippen molar-refractivity contribution < 1.29 is 0 Å². The Labute approximate surface area is 377 Å². The lowest BCUT2D eigenvalue weighted by atomic mass is 9.81. The minimum Gasteiger partial charge on any atom is -0.311 e. The molecular formula is C60H48N4. The van der Waals surface area contributed by atoms with E-state index in [1.54, 1.807) is 0 Å². The highest BCUT2D eigenvalue weighted by Crippen LogP contribution is 2.53. The van der Waals surface area contributed by atoms with Gasteiger partial charge in [0.2, 0.25) is 0 Å². The van der Waals surface area contributed by atoms with E-state index in [-0.39, 0.29) is 10.8 Å². The summed E-state index contributed by atoms with van der Waals surface area (Å²) >= 11 is 0. The summed E-state index contributed by atoms with van der Waals surface area (Å²) in [5.41, 5.74) is 22.3. The van der Waals surface area contributed by atoms with Gasteiger partial charge in [-0.15, -0.1) is 0 Å². The molecule has 0 saturated heterocycles. The maximum atomic E-state index is 9.49. The van der Waals surface area contributed by atoms with Gasteiger partial charge in [-0.2, -0.15) is 5.26 Å². The quantitative estimate of drug-likeness (QED) is 0.113. The monoisotopic (exact) mass is 824 g/mol. The summed E-state index contributed by atoms with van der Waals surface area (Å²) in [6, 6.07) is 62.7. The second-order valence-corrected chi connectivity index (χ2v) is 18.3. The summed E-state index contributed by atoms with van der Waals surface area (Å²) in [5.74, 6) is 0. The van der Waals surface area contributed by atoms with Gasteiger partial charge in [0.05, 0.1) is 18.2 Å². The summed E-state index contributed by atoms with van der Waals surface area (Å²) in [4.78, 5) is 8.19. The van der Waals surface area contributed by atoms with Gasteiger partial charge in [0.25, 0.3) is 0 Å². The first-order valence-electron chi connectivity index (χ1n) is 21.9. The second kappa shape index (κ2) is 15.5. The molecule has 8 aromatic rings. The van der Waals surface area contributed by atoms with Crippen molar-refractivity contribution in [2.24, 2.45) is 0 Å². The lowest BCUT2D eigenvalue weighted by molar-refractivity contribution is 0.660. The molecule has 0 unspecified atom stereocenters. The Hall–Kier alpha value is -7.92. The predicted octanol–water partition coefficient (Wildman–Crippen LogP) is 16.4. The zero-order valence-electron chi connectivity index (χ0n) is 37.1. The molecule has 0 aliphatic heterocycles. The van der Waals surface area contributed by atoms with Crippen molar-refractivity contribution in [3.8, 4) is 28.3 Å². The van der Waals surface area contributed by atoms with Gasteiger partial charge < -0.3 is 9.80 Å². The molecule has 0 saturated carbocycles. The molecule has 0 aromatic heterocycles. The molecule has 0 heterocycles. The molecule has 308 valence electrons. The maximum absolute atomic E-state index is 9.49. The molecule has 0 bridgehead atoms. The van der Waals surface area contributed by atoms with Gasteiger partial charge in [-0.1, -0.05) is 136 Å². The number of aryl methyl sites for hydroxylation is 2. The van der Waals surface area contributed by atoms with Gasteiger partial charge >= 0.3 is 0 Å². The van der Waals surface area contributed by atoms with Crippen molar-refractivity contribution in [2.75, 3.05) is 9.80 Å². The van der Waals surface area contributed by atoms with Crippen LogP contribution in [-0.2, 0) is 10.8 Å². The number of nitriles is 1. The Morgan fingerprint density at radius 2 is 0.766 bits per heavy atom. The van der Waals surface area contributed by atoms with Crippen LogP contribution in [0.2, 0.25) is 0 Å². The van der Waals surface area contributed by atoms with Crippen molar-refractivity contribution in [2.45, 2.75) is 52.4 Å². The molecular weight excluding hydrogens is 777 g/mol. The van der Waals surface area contributed by atoms with Gasteiger partial charge in [-0.25, -0.2) is 4.85 Å². The van der Waals surface area contributed by atoms with Crippen molar-refractivity contribution >= 4 is 52.0 Å². The van der Waals surface area contributed by atoms with E-state index in [1.165, 1.54) is 66.8 Å². The average Bonchev–Trinajstić information content (AvgIpc) is 3.68. The highest BCUT2D eigenvalue weighted by molar-refractivity contribution is 5.89. The Balaban J connectivity index is 0.939. The average molecular weight is 825 g/mol. The maximum Gasteiger partial charge on any atom is 0.187 e. The van der Waals surface area contributed by atoms with Crippen LogP contribution in [0.4, 0.5) is 39.8 Å². The van der Waals surface area contributed by atoms with Crippen LogP contribution in [0.3, 0.4) is 0 Å². The standard InChI is InChI=1S/C60H48N4/c1-39-8-20-45(21-9-39)63(47-24-14-43(38-61)15-25-47)49-28-32-53-51-30-16-41(34-55(51)59(3,4)57(53)36-49)12-13-42-17-31-52-54-33-29-50(37-58(54)60(5,6)56(52)35-42)64(46-22-10-40(2)11-23-46)48-26-18-44(62-7)19-27-48/h8-37H,1-6H3/b13-12+. The van der Waals surface area contributed by atoms with Crippen LogP contribution in [0.5, 0.6) is 0 Å². The third-order valence-electron chi connectivity index (χ3n) is 13.4. The van der Waals surface area contributed by atoms with Crippen molar-refractivity contribution in [3.05, 3.63) is 231 Å². The number of benzene rings is 8. The van der Waals surface area contributed by atoms with Crippen molar-refractivity contribution in [3.63, 3.8) is 0 Å². The molecule has 0 amide bonds. The summed E-state index contributed by atoms with van der Waals surface area (Å²) in [5, 5.41) is 9.49.